The van der Waals surface area contributed by atoms with Gasteiger partial charge in [0.25, 0.3) is 0 Å². The van der Waals surface area contributed by atoms with Crippen LogP contribution in [0.15, 0.2) is 63.4 Å². The number of hydrogen-bond acceptors (Lipinski definition) is 6. The number of Topliss-reactive ketones (excluding diaryl/α,β-unsaturated/α-hetero) is 1. The number of fused-ring (bicyclic) bond motifs is 1. The summed E-state index contributed by atoms with van der Waals surface area (Å²) in [6.45, 7) is 6.73. The number of halogens is 2. The fourth-order valence-electron chi connectivity index (χ4n) is 4.72. The minimum absolute atomic E-state index is 0.127. The van der Waals surface area contributed by atoms with Gasteiger partial charge in [0.05, 0.1) is 6.61 Å². The average Bonchev–Trinajstić information content (AvgIpc) is 3.20. The van der Waals surface area contributed by atoms with E-state index in [1.54, 1.807) is 0 Å². The first-order chi connectivity index (χ1) is 16.8. The van der Waals surface area contributed by atoms with Crippen molar-refractivity contribution in [3.05, 3.63) is 74.4 Å². The van der Waals surface area contributed by atoms with Crippen LogP contribution in [0, 0.1) is 5.41 Å². The van der Waals surface area contributed by atoms with E-state index < -0.39 is 6.04 Å². The Morgan fingerprint density at radius 2 is 2.06 bits per heavy atom. The van der Waals surface area contributed by atoms with Crippen molar-refractivity contribution in [2.75, 3.05) is 11.9 Å². The van der Waals surface area contributed by atoms with Crippen LogP contribution in [0.2, 0.25) is 5.02 Å². The first kappa shape index (κ1) is 24.4. The molecule has 1 aliphatic heterocycles. The third-order valence-corrected chi connectivity index (χ3v) is 7.94. The monoisotopic (exact) mass is 572 g/mol. The number of rotatable bonds is 6. The van der Waals surface area contributed by atoms with E-state index in [0.29, 0.717) is 29.9 Å². The molecule has 0 spiro atoms. The van der Waals surface area contributed by atoms with Crippen molar-refractivity contribution in [2.24, 2.45) is 5.41 Å². The van der Waals surface area contributed by atoms with Crippen molar-refractivity contribution in [1.29, 1.82) is 0 Å². The molecule has 0 amide bonds. The van der Waals surface area contributed by atoms with Gasteiger partial charge in [-0.05, 0) is 48.6 Å². The second-order valence-electron chi connectivity index (χ2n) is 9.52. The summed E-state index contributed by atoms with van der Waals surface area (Å²) in [6, 6.07) is 13.3. The molecule has 1 aliphatic carbocycles. The molecule has 0 saturated carbocycles. The molecule has 2 heterocycles. The number of benzene rings is 2. The molecule has 5 rings (SSSR count). The largest absolute Gasteiger partial charge is 0.494 e. The highest BCUT2D eigenvalue weighted by Crippen LogP contribution is 2.47. The number of hydrogen-bond donors (Lipinski definition) is 1. The second-order valence-corrected chi connectivity index (χ2v) is 11.8. The zero-order valence-corrected chi connectivity index (χ0v) is 22.9. The SMILES string of the molecule is CCOc1ccc(Br)cc1C1C2=C(CC(C)(C)CC2=O)Nc2nc(SCc3ccccc3Cl)nn21. The van der Waals surface area contributed by atoms with E-state index in [1.165, 1.54) is 11.8 Å². The molecule has 2 aromatic carbocycles. The van der Waals surface area contributed by atoms with Crippen LogP contribution in [-0.4, -0.2) is 27.2 Å². The molecule has 0 fully saturated rings. The maximum absolute atomic E-state index is 13.5. The van der Waals surface area contributed by atoms with Gasteiger partial charge in [-0.25, -0.2) is 4.68 Å². The van der Waals surface area contributed by atoms with E-state index in [2.05, 4.69) is 35.1 Å². The molecule has 1 aromatic heterocycles. The van der Waals surface area contributed by atoms with Crippen molar-refractivity contribution in [3.8, 4) is 5.75 Å². The van der Waals surface area contributed by atoms with Crippen LogP contribution >= 0.6 is 39.3 Å². The van der Waals surface area contributed by atoms with Gasteiger partial charge in [0.1, 0.15) is 11.8 Å². The number of thioether (sulfide) groups is 1. The van der Waals surface area contributed by atoms with Crippen molar-refractivity contribution >= 4 is 51.0 Å². The fraction of sp³-hybridized carbons (Fsp3) is 0.346. The number of carbonyl (C=O) groups excluding carboxylic acids is 1. The number of allylic oxidation sites excluding steroid dienone is 2. The van der Waals surface area contributed by atoms with Gasteiger partial charge in [0, 0.05) is 38.5 Å². The molecule has 2 aliphatic rings. The van der Waals surface area contributed by atoms with Gasteiger partial charge in [0.2, 0.25) is 11.1 Å². The smallest absolute Gasteiger partial charge is 0.227 e. The minimum Gasteiger partial charge on any atom is -0.494 e. The lowest BCUT2D eigenvalue weighted by Gasteiger charge is -2.38. The summed E-state index contributed by atoms with van der Waals surface area (Å²) in [5.74, 6) is 2.14. The number of aromatic nitrogens is 3. The Balaban J connectivity index is 1.59. The Morgan fingerprint density at radius 1 is 1.26 bits per heavy atom. The van der Waals surface area contributed by atoms with Gasteiger partial charge in [0.15, 0.2) is 5.78 Å². The zero-order valence-electron chi connectivity index (χ0n) is 19.8. The maximum Gasteiger partial charge on any atom is 0.227 e. The zero-order chi connectivity index (χ0) is 24.7. The van der Waals surface area contributed by atoms with E-state index in [0.717, 1.165) is 44.1 Å². The normalized spacial score (nSPS) is 18.7. The Bertz CT molecular complexity index is 1340. The van der Waals surface area contributed by atoms with E-state index >= 15 is 0 Å². The Labute approximate surface area is 222 Å². The summed E-state index contributed by atoms with van der Waals surface area (Å²) in [5, 5.41) is 9.63. The molecule has 0 saturated heterocycles. The van der Waals surface area contributed by atoms with Crippen LogP contribution in [-0.2, 0) is 10.5 Å². The first-order valence-corrected chi connectivity index (χ1v) is 13.7. The molecule has 1 unspecified atom stereocenters. The molecule has 6 nitrogen and oxygen atoms in total. The van der Waals surface area contributed by atoms with Crippen molar-refractivity contribution in [3.63, 3.8) is 0 Å². The standard InChI is InChI=1S/C26H26BrClN4O2S/c1-4-34-21-10-9-16(27)11-17(21)23-22-19(12-26(2,3)13-20(22)33)29-24-30-25(31-32(23)24)35-14-15-7-5-6-8-18(15)28/h5-11,23H,4,12-14H2,1-3H3,(H,29,30,31). The molecule has 35 heavy (non-hydrogen) atoms. The molecule has 1 atom stereocenters. The van der Waals surface area contributed by atoms with Gasteiger partial charge < -0.3 is 10.1 Å². The molecule has 182 valence electrons. The fourth-order valence-corrected chi connectivity index (χ4v) is 6.21. The van der Waals surface area contributed by atoms with E-state index in [1.807, 2.05) is 54.1 Å². The summed E-state index contributed by atoms with van der Waals surface area (Å²) in [5.41, 5.74) is 3.44. The molecule has 1 N–H and O–H groups in total. The van der Waals surface area contributed by atoms with Crippen LogP contribution < -0.4 is 10.1 Å². The van der Waals surface area contributed by atoms with E-state index in [4.69, 9.17) is 26.4 Å². The van der Waals surface area contributed by atoms with Crippen molar-refractivity contribution in [2.45, 2.75) is 50.6 Å². The van der Waals surface area contributed by atoms with E-state index in [-0.39, 0.29) is 11.2 Å². The molecule has 9 heteroatoms. The van der Waals surface area contributed by atoms with Crippen LogP contribution in [0.5, 0.6) is 5.75 Å². The number of ketones is 1. The molecule has 3 aromatic rings. The predicted molar refractivity (Wildman–Crippen MR) is 143 cm³/mol. The number of ether oxygens (including phenoxy) is 1. The first-order valence-electron chi connectivity index (χ1n) is 11.5. The number of anilines is 1. The van der Waals surface area contributed by atoms with Crippen LogP contribution in [0.25, 0.3) is 0 Å². The molecule has 0 radical (unpaired) electrons. The number of nitrogens with zero attached hydrogens (tertiary/aromatic N) is 3. The van der Waals surface area contributed by atoms with Crippen molar-refractivity contribution < 1.29 is 9.53 Å². The van der Waals surface area contributed by atoms with Gasteiger partial charge in [-0.2, -0.15) is 4.98 Å². The second kappa shape index (κ2) is 9.64. The molecule has 0 bridgehead atoms. The Morgan fingerprint density at radius 3 is 2.83 bits per heavy atom. The lowest BCUT2D eigenvalue weighted by molar-refractivity contribution is -0.118. The Kier molecular flexibility index (Phi) is 6.72. The van der Waals surface area contributed by atoms with Crippen LogP contribution in [0.4, 0.5) is 5.95 Å². The topological polar surface area (TPSA) is 69.0 Å². The minimum atomic E-state index is -0.425. The highest BCUT2D eigenvalue weighted by molar-refractivity contribution is 9.10. The number of nitrogens with one attached hydrogen (secondary N) is 1. The summed E-state index contributed by atoms with van der Waals surface area (Å²) < 4.78 is 8.72. The summed E-state index contributed by atoms with van der Waals surface area (Å²) in [7, 11) is 0. The van der Waals surface area contributed by atoms with E-state index in [9.17, 15) is 4.79 Å². The predicted octanol–water partition coefficient (Wildman–Crippen LogP) is 7.04. The highest BCUT2D eigenvalue weighted by Gasteiger charge is 2.42. The van der Waals surface area contributed by atoms with Gasteiger partial charge in [-0.1, -0.05) is 71.3 Å². The van der Waals surface area contributed by atoms with Crippen LogP contribution in [0.3, 0.4) is 0 Å². The summed E-state index contributed by atoms with van der Waals surface area (Å²) in [4.78, 5) is 18.3. The highest BCUT2D eigenvalue weighted by atomic mass is 79.9. The quantitative estimate of drug-likeness (QED) is 0.319. The lowest BCUT2D eigenvalue weighted by atomic mass is 9.73. The Hall–Kier alpha value is -2.29. The third-order valence-electron chi connectivity index (χ3n) is 6.19. The third kappa shape index (κ3) is 4.88. The summed E-state index contributed by atoms with van der Waals surface area (Å²) in [6.07, 6.45) is 1.25. The van der Waals surface area contributed by atoms with Crippen LogP contribution in [0.1, 0.15) is 50.8 Å². The maximum atomic E-state index is 13.5. The molecular weight excluding hydrogens is 548 g/mol. The lowest BCUT2D eigenvalue weighted by Crippen LogP contribution is -2.36. The van der Waals surface area contributed by atoms with Gasteiger partial charge in [-0.3, -0.25) is 4.79 Å². The van der Waals surface area contributed by atoms with Crippen molar-refractivity contribution in [1.82, 2.24) is 14.8 Å². The van der Waals surface area contributed by atoms with Gasteiger partial charge >= 0.3 is 0 Å². The number of carbonyl (C=O) groups is 1. The summed E-state index contributed by atoms with van der Waals surface area (Å²) >= 11 is 11.5. The average molecular weight is 574 g/mol. The van der Waals surface area contributed by atoms with Gasteiger partial charge in [-0.15, -0.1) is 5.10 Å². The molecular formula is C26H26BrClN4O2S.